The highest BCUT2D eigenvalue weighted by Gasteiger charge is 2.34. The lowest BCUT2D eigenvalue weighted by Crippen LogP contribution is -2.47. The fourth-order valence-electron chi connectivity index (χ4n) is 3.57. The quantitative estimate of drug-likeness (QED) is 0.716. The Bertz CT molecular complexity index is 1050. The molecule has 0 aliphatic carbocycles. The molecule has 2 aromatic rings. The Morgan fingerprint density at radius 2 is 1.91 bits per heavy atom. The van der Waals surface area contributed by atoms with Crippen molar-refractivity contribution in [2.75, 3.05) is 25.5 Å². The largest absolute Gasteiger partial charge is 0.485 e. The van der Waals surface area contributed by atoms with Gasteiger partial charge < -0.3 is 24.6 Å². The van der Waals surface area contributed by atoms with E-state index in [2.05, 4.69) is 10.3 Å². The number of anilines is 1. The van der Waals surface area contributed by atoms with E-state index in [1.807, 2.05) is 13.8 Å². The Hall–Kier alpha value is -3.62. The molecule has 182 valence electrons. The van der Waals surface area contributed by atoms with Crippen molar-refractivity contribution < 1.29 is 23.9 Å². The molecular formula is C25H32N4O5. The van der Waals surface area contributed by atoms with Crippen LogP contribution in [0.2, 0.25) is 0 Å². The van der Waals surface area contributed by atoms with Gasteiger partial charge in [0.15, 0.2) is 0 Å². The average molecular weight is 469 g/mol. The van der Waals surface area contributed by atoms with E-state index in [0.717, 1.165) is 0 Å². The number of hydrogen-bond acceptors (Lipinski definition) is 6. The number of rotatable bonds is 5. The van der Waals surface area contributed by atoms with E-state index in [-0.39, 0.29) is 36.4 Å². The number of hydrogen-bond donors (Lipinski definition) is 1. The number of fused-ring (bicyclic) bond motifs is 1. The van der Waals surface area contributed by atoms with Crippen LogP contribution in [0.25, 0.3) is 0 Å². The second-order valence-electron chi connectivity index (χ2n) is 9.52. The van der Waals surface area contributed by atoms with Crippen molar-refractivity contribution in [2.24, 2.45) is 0 Å². The smallest absolute Gasteiger partial charge is 0.410 e. The Morgan fingerprint density at radius 1 is 1.24 bits per heavy atom. The molecule has 1 N–H and O–H groups in total. The van der Waals surface area contributed by atoms with Gasteiger partial charge in [0.05, 0.1) is 24.2 Å². The maximum Gasteiger partial charge on any atom is 0.410 e. The van der Waals surface area contributed by atoms with Crippen LogP contribution in [0.5, 0.6) is 5.75 Å². The molecule has 1 aromatic carbocycles. The lowest BCUT2D eigenvalue weighted by Gasteiger charge is -2.30. The summed E-state index contributed by atoms with van der Waals surface area (Å²) < 4.78 is 11.7. The predicted molar refractivity (Wildman–Crippen MR) is 128 cm³/mol. The highest BCUT2D eigenvalue weighted by molar-refractivity contribution is 6.09. The Morgan fingerprint density at radius 3 is 2.53 bits per heavy atom. The highest BCUT2D eigenvalue weighted by atomic mass is 16.6. The second kappa shape index (κ2) is 10.1. The molecule has 1 atom stereocenters. The van der Waals surface area contributed by atoms with Crippen LogP contribution in [0.4, 0.5) is 10.5 Å². The first-order valence-corrected chi connectivity index (χ1v) is 11.2. The molecule has 3 rings (SSSR count). The molecule has 0 saturated carbocycles. The Balaban J connectivity index is 1.92. The third-order valence-electron chi connectivity index (χ3n) is 5.18. The topological polar surface area (TPSA) is 101 Å². The zero-order valence-electron chi connectivity index (χ0n) is 20.5. The molecule has 9 nitrogen and oxygen atoms in total. The van der Waals surface area contributed by atoms with Crippen LogP contribution in [-0.4, -0.2) is 70.6 Å². The molecule has 0 spiro atoms. The molecule has 9 heteroatoms. The van der Waals surface area contributed by atoms with Gasteiger partial charge in [0, 0.05) is 31.2 Å². The molecule has 1 aliphatic rings. The number of carbonyl (C=O) groups is 3. The van der Waals surface area contributed by atoms with E-state index in [9.17, 15) is 14.4 Å². The Labute approximate surface area is 200 Å². The number of likely N-dealkylation sites (N-methyl/N-ethyl adjacent to an activating group) is 1. The molecule has 1 unspecified atom stereocenters. The van der Waals surface area contributed by atoms with Crippen molar-refractivity contribution in [3.8, 4) is 5.75 Å². The van der Waals surface area contributed by atoms with E-state index in [4.69, 9.17) is 9.47 Å². The summed E-state index contributed by atoms with van der Waals surface area (Å²) in [6.07, 6.45) is 2.08. The zero-order valence-corrected chi connectivity index (χ0v) is 20.5. The van der Waals surface area contributed by atoms with Gasteiger partial charge >= 0.3 is 6.09 Å². The minimum absolute atomic E-state index is 0.106. The number of nitrogens with one attached hydrogen (secondary N) is 1. The molecule has 0 saturated heterocycles. The van der Waals surface area contributed by atoms with Gasteiger partial charge in [-0.15, -0.1) is 0 Å². The van der Waals surface area contributed by atoms with Gasteiger partial charge in [-0.05, 0) is 58.9 Å². The van der Waals surface area contributed by atoms with Gasteiger partial charge in [0.1, 0.15) is 17.5 Å². The number of amides is 3. The van der Waals surface area contributed by atoms with Crippen LogP contribution in [0.3, 0.4) is 0 Å². The average Bonchev–Trinajstić information content (AvgIpc) is 2.89. The van der Waals surface area contributed by atoms with Gasteiger partial charge in [-0.25, -0.2) is 4.79 Å². The van der Waals surface area contributed by atoms with Crippen molar-refractivity contribution in [2.45, 2.75) is 52.4 Å². The lowest BCUT2D eigenvalue weighted by molar-refractivity contribution is 0.0201. The summed E-state index contributed by atoms with van der Waals surface area (Å²) in [4.78, 5) is 46.0. The molecule has 3 amide bonds. The first-order chi connectivity index (χ1) is 16.0. The molecule has 2 heterocycles. The number of carbonyl (C=O) groups excluding carboxylic acids is 3. The van der Waals surface area contributed by atoms with Gasteiger partial charge in [-0.1, -0.05) is 6.07 Å². The molecule has 0 fully saturated rings. The number of benzene rings is 1. The van der Waals surface area contributed by atoms with Crippen LogP contribution < -0.4 is 10.1 Å². The van der Waals surface area contributed by atoms with E-state index < -0.39 is 23.7 Å². The zero-order chi connectivity index (χ0) is 25.0. The summed E-state index contributed by atoms with van der Waals surface area (Å²) in [5.41, 5.74) is 0.472. The molecular weight excluding hydrogens is 436 g/mol. The van der Waals surface area contributed by atoms with Gasteiger partial charge in [-0.2, -0.15) is 0 Å². The van der Waals surface area contributed by atoms with Crippen LogP contribution >= 0.6 is 0 Å². The predicted octanol–water partition coefficient (Wildman–Crippen LogP) is 3.81. The normalized spacial score (nSPS) is 15.8. The monoisotopic (exact) mass is 468 g/mol. The first kappa shape index (κ1) is 25.0. The third-order valence-corrected chi connectivity index (χ3v) is 5.18. The fraction of sp³-hybridized carbons (Fsp3) is 0.440. The summed E-state index contributed by atoms with van der Waals surface area (Å²) in [6, 6.07) is 8.16. The van der Waals surface area contributed by atoms with Crippen LogP contribution in [-0.2, 0) is 4.74 Å². The number of nitrogens with zero attached hydrogens (tertiary/aromatic N) is 3. The summed E-state index contributed by atoms with van der Waals surface area (Å²) >= 11 is 0. The van der Waals surface area contributed by atoms with Crippen molar-refractivity contribution in [1.82, 2.24) is 14.8 Å². The number of pyridine rings is 1. The number of para-hydroxylation sites is 1. The van der Waals surface area contributed by atoms with Crippen LogP contribution in [0.15, 0.2) is 42.7 Å². The summed E-state index contributed by atoms with van der Waals surface area (Å²) in [5, 5.41) is 2.81. The van der Waals surface area contributed by atoms with E-state index in [1.54, 1.807) is 75.4 Å². The molecule has 1 aromatic heterocycles. The van der Waals surface area contributed by atoms with Crippen LogP contribution in [0.1, 0.15) is 55.3 Å². The maximum atomic E-state index is 13.4. The van der Waals surface area contributed by atoms with Crippen molar-refractivity contribution in [3.05, 3.63) is 53.9 Å². The number of aromatic nitrogens is 1. The minimum Gasteiger partial charge on any atom is -0.485 e. The standard InChI is InChI=1S/C25H32N4O5/c1-16(2)29-15-18(14-28(6)24(32)34-25(3,4)5)33-21-19(8-7-9-20(21)23(29)31)22(30)27-17-10-12-26-13-11-17/h7-13,16,18H,14-15H2,1-6H3,(H,26,27,30). The van der Waals surface area contributed by atoms with E-state index >= 15 is 0 Å². The second-order valence-corrected chi connectivity index (χ2v) is 9.52. The first-order valence-electron chi connectivity index (χ1n) is 11.2. The molecule has 1 aliphatic heterocycles. The van der Waals surface area contributed by atoms with Gasteiger partial charge in [-0.3, -0.25) is 14.6 Å². The summed E-state index contributed by atoms with van der Waals surface area (Å²) in [7, 11) is 1.62. The SMILES string of the molecule is CC(C)N1CC(CN(C)C(=O)OC(C)(C)C)Oc2c(C(=O)Nc3ccncc3)cccc2C1=O. The molecule has 34 heavy (non-hydrogen) atoms. The molecule has 0 radical (unpaired) electrons. The Kier molecular flexibility index (Phi) is 7.44. The third kappa shape index (κ3) is 6.03. The highest BCUT2D eigenvalue weighted by Crippen LogP contribution is 2.31. The van der Waals surface area contributed by atoms with Crippen LogP contribution in [0, 0.1) is 0 Å². The van der Waals surface area contributed by atoms with Crippen molar-refractivity contribution in [1.29, 1.82) is 0 Å². The summed E-state index contributed by atoms with van der Waals surface area (Å²) in [6.45, 7) is 9.64. The maximum absolute atomic E-state index is 13.4. The van der Waals surface area contributed by atoms with E-state index in [1.165, 1.54) is 4.90 Å². The summed E-state index contributed by atoms with van der Waals surface area (Å²) in [5.74, 6) is -0.441. The molecule has 0 bridgehead atoms. The van der Waals surface area contributed by atoms with Gasteiger partial charge in [0.25, 0.3) is 11.8 Å². The fourth-order valence-corrected chi connectivity index (χ4v) is 3.57. The van der Waals surface area contributed by atoms with E-state index in [0.29, 0.717) is 11.3 Å². The van der Waals surface area contributed by atoms with Crippen molar-refractivity contribution >= 4 is 23.6 Å². The van der Waals surface area contributed by atoms with Gasteiger partial charge in [0.2, 0.25) is 0 Å². The number of ether oxygens (including phenoxy) is 2. The lowest BCUT2D eigenvalue weighted by atomic mass is 10.1. The minimum atomic E-state index is -0.638. The van der Waals surface area contributed by atoms with Crippen molar-refractivity contribution in [3.63, 3.8) is 0 Å².